The van der Waals surface area contributed by atoms with Crippen LogP contribution in [0.4, 0.5) is 0 Å². The average molecular weight is 253 g/mol. The number of aromatic carboxylic acids is 1. The fourth-order valence-corrected chi connectivity index (χ4v) is 2.18. The van der Waals surface area contributed by atoms with Crippen LogP contribution in [0.25, 0.3) is 0 Å². The zero-order chi connectivity index (χ0) is 13.1. The Kier molecular flexibility index (Phi) is 3.61. The Morgan fingerprint density at radius 1 is 1.50 bits per heavy atom. The number of rotatable bonds is 4. The van der Waals surface area contributed by atoms with Gasteiger partial charge in [-0.2, -0.15) is 0 Å². The first-order valence-electron chi connectivity index (χ1n) is 5.81. The number of carbonyl (C=O) groups is 2. The third kappa shape index (κ3) is 2.67. The van der Waals surface area contributed by atoms with Crippen molar-refractivity contribution in [2.75, 3.05) is 6.54 Å². The van der Waals surface area contributed by atoms with Crippen molar-refractivity contribution in [2.45, 2.75) is 25.4 Å². The Morgan fingerprint density at radius 2 is 2.28 bits per heavy atom. The first kappa shape index (κ1) is 12.6. The van der Waals surface area contributed by atoms with Gasteiger partial charge in [-0.3, -0.25) is 4.79 Å². The molecule has 0 aliphatic heterocycles. The van der Waals surface area contributed by atoms with Gasteiger partial charge in [0.2, 0.25) is 0 Å². The number of nitrogens with zero attached hydrogens (tertiary/aromatic N) is 1. The van der Waals surface area contributed by atoms with Gasteiger partial charge < -0.3 is 20.5 Å². The maximum Gasteiger partial charge on any atom is 0.354 e. The largest absolute Gasteiger partial charge is 0.477 e. The van der Waals surface area contributed by atoms with Gasteiger partial charge in [0.25, 0.3) is 5.91 Å². The van der Waals surface area contributed by atoms with Gasteiger partial charge in [-0.1, -0.05) is 0 Å². The Labute approximate surface area is 103 Å². The summed E-state index contributed by atoms with van der Waals surface area (Å²) < 4.78 is 0. The normalized spacial score (nSPS) is 22.9. The van der Waals surface area contributed by atoms with Crippen LogP contribution in [0.5, 0.6) is 0 Å². The second-order valence-corrected chi connectivity index (χ2v) is 4.47. The van der Waals surface area contributed by atoms with Crippen molar-refractivity contribution in [3.8, 4) is 0 Å². The highest BCUT2D eigenvalue weighted by Crippen LogP contribution is 2.24. The number of aliphatic hydroxyl groups is 1. The molecule has 0 spiro atoms. The highest BCUT2D eigenvalue weighted by Gasteiger charge is 2.24. The molecule has 1 amide bonds. The smallest absolute Gasteiger partial charge is 0.354 e. The van der Waals surface area contributed by atoms with Crippen LogP contribution in [-0.2, 0) is 0 Å². The number of nitrogens with one attached hydrogen (secondary N) is 2. The fraction of sp³-hybridized carbons (Fsp3) is 0.545. The lowest BCUT2D eigenvalue weighted by atomic mass is 10.1. The first-order valence-corrected chi connectivity index (χ1v) is 5.81. The lowest BCUT2D eigenvalue weighted by Crippen LogP contribution is -2.30. The van der Waals surface area contributed by atoms with Crippen molar-refractivity contribution in [3.63, 3.8) is 0 Å². The lowest BCUT2D eigenvalue weighted by molar-refractivity contribution is 0.0685. The number of aromatic amines is 1. The number of amides is 1. The summed E-state index contributed by atoms with van der Waals surface area (Å²) >= 11 is 0. The van der Waals surface area contributed by atoms with Gasteiger partial charge in [-0.25, -0.2) is 9.78 Å². The van der Waals surface area contributed by atoms with Crippen LogP contribution in [-0.4, -0.2) is 44.7 Å². The molecule has 4 N–H and O–H groups in total. The molecule has 0 saturated heterocycles. The Morgan fingerprint density at radius 3 is 2.89 bits per heavy atom. The van der Waals surface area contributed by atoms with Gasteiger partial charge >= 0.3 is 5.97 Å². The summed E-state index contributed by atoms with van der Waals surface area (Å²) in [5, 5.41) is 20.8. The highest BCUT2D eigenvalue weighted by molar-refractivity contribution is 6.02. The molecule has 18 heavy (non-hydrogen) atoms. The molecule has 7 nitrogen and oxygen atoms in total. The van der Waals surface area contributed by atoms with E-state index in [0.29, 0.717) is 13.0 Å². The molecule has 2 atom stereocenters. The van der Waals surface area contributed by atoms with Crippen LogP contribution in [0.3, 0.4) is 0 Å². The van der Waals surface area contributed by atoms with E-state index in [4.69, 9.17) is 5.11 Å². The molecule has 0 bridgehead atoms. The molecule has 1 aromatic heterocycles. The maximum atomic E-state index is 11.7. The number of imidazole rings is 1. The van der Waals surface area contributed by atoms with Crippen LogP contribution < -0.4 is 5.32 Å². The number of carboxylic acid groups (broad SMARTS) is 1. The minimum atomic E-state index is -1.21. The van der Waals surface area contributed by atoms with E-state index in [1.165, 1.54) is 6.33 Å². The predicted molar refractivity (Wildman–Crippen MR) is 61.2 cm³/mol. The predicted octanol–water partition coefficient (Wildman–Crippen LogP) is -0.00130. The fourth-order valence-electron chi connectivity index (χ4n) is 2.18. The van der Waals surface area contributed by atoms with Gasteiger partial charge in [0.1, 0.15) is 0 Å². The zero-order valence-electron chi connectivity index (χ0n) is 9.72. The van der Waals surface area contributed by atoms with Crippen LogP contribution in [0, 0.1) is 5.92 Å². The summed E-state index contributed by atoms with van der Waals surface area (Å²) in [6.07, 6.45) is 3.19. The third-order valence-electron chi connectivity index (χ3n) is 3.13. The molecule has 2 rings (SSSR count). The van der Waals surface area contributed by atoms with Gasteiger partial charge in [0, 0.05) is 6.54 Å². The SMILES string of the molecule is O=C(NCC1CCC(O)C1)c1nc[nH]c1C(=O)O. The number of aromatic nitrogens is 2. The Hall–Kier alpha value is -1.89. The maximum absolute atomic E-state index is 11.7. The van der Waals surface area contributed by atoms with Crippen LogP contribution in [0.15, 0.2) is 6.33 Å². The third-order valence-corrected chi connectivity index (χ3v) is 3.13. The molecule has 2 unspecified atom stereocenters. The Balaban J connectivity index is 1.91. The number of hydrogen-bond donors (Lipinski definition) is 4. The summed E-state index contributed by atoms with van der Waals surface area (Å²) in [4.78, 5) is 28.7. The van der Waals surface area contributed by atoms with E-state index in [1.54, 1.807) is 0 Å². The van der Waals surface area contributed by atoms with Crippen molar-refractivity contribution >= 4 is 11.9 Å². The Bertz CT molecular complexity index is 457. The summed E-state index contributed by atoms with van der Waals surface area (Å²) in [5.41, 5.74) is -0.319. The van der Waals surface area contributed by atoms with Gasteiger partial charge in [-0.05, 0) is 25.2 Å². The average Bonchev–Trinajstić information content (AvgIpc) is 2.94. The van der Waals surface area contributed by atoms with Crippen LogP contribution >= 0.6 is 0 Å². The standard InChI is InChI=1S/C11H15N3O4/c15-7-2-1-6(3-7)4-12-10(16)8-9(11(17)18)14-5-13-8/h5-7,15H,1-4H2,(H,12,16)(H,13,14)(H,17,18). The molecule has 1 fully saturated rings. The summed E-state index contributed by atoms with van der Waals surface area (Å²) in [7, 11) is 0. The molecule has 7 heteroatoms. The van der Waals surface area contributed by atoms with Crippen molar-refractivity contribution in [2.24, 2.45) is 5.92 Å². The van der Waals surface area contributed by atoms with Crippen molar-refractivity contribution in [3.05, 3.63) is 17.7 Å². The van der Waals surface area contributed by atoms with E-state index >= 15 is 0 Å². The molecule has 1 saturated carbocycles. The van der Waals surface area contributed by atoms with E-state index in [2.05, 4.69) is 15.3 Å². The highest BCUT2D eigenvalue weighted by atomic mass is 16.4. The second kappa shape index (κ2) is 5.18. The minimum absolute atomic E-state index is 0.110. The summed E-state index contributed by atoms with van der Waals surface area (Å²) in [5.74, 6) is -1.47. The van der Waals surface area contributed by atoms with Crippen LogP contribution in [0.2, 0.25) is 0 Å². The van der Waals surface area contributed by atoms with Crippen molar-refractivity contribution in [1.29, 1.82) is 0 Å². The van der Waals surface area contributed by atoms with Gasteiger partial charge in [0.15, 0.2) is 11.4 Å². The summed E-state index contributed by atoms with van der Waals surface area (Å²) in [6.45, 7) is 0.432. The lowest BCUT2D eigenvalue weighted by Gasteiger charge is -2.10. The van der Waals surface area contributed by atoms with Crippen molar-refractivity contribution < 1.29 is 19.8 Å². The molecular formula is C11H15N3O4. The van der Waals surface area contributed by atoms with Crippen LogP contribution in [0.1, 0.15) is 40.2 Å². The van der Waals surface area contributed by atoms with E-state index in [9.17, 15) is 14.7 Å². The molecule has 0 aromatic carbocycles. The first-order chi connectivity index (χ1) is 8.58. The molecular weight excluding hydrogens is 238 g/mol. The summed E-state index contributed by atoms with van der Waals surface area (Å²) in [6, 6.07) is 0. The molecule has 1 heterocycles. The quantitative estimate of drug-likeness (QED) is 0.602. The van der Waals surface area contributed by atoms with Gasteiger partial charge in [0.05, 0.1) is 12.4 Å². The number of carbonyl (C=O) groups excluding carboxylic acids is 1. The monoisotopic (exact) mass is 253 g/mol. The molecule has 0 radical (unpaired) electrons. The van der Waals surface area contributed by atoms with E-state index in [0.717, 1.165) is 12.8 Å². The molecule has 1 aromatic rings. The van der Waals surface area contributed by atoms with E-state index in [-0.39, 0.29) is 23.4 Å². The number of hydrogen-bond acceptors (Lipinski definition) is 4. The van der Waals surface area contributed by atoms with E-state index < -0.39 is 11.9 Å². The topological polar surface area (TPSA) is 115 Å². The molecule has 1 aliphatic rings. The number of carboxylic acids is 1. The molecule has 98 valence electrons. The number of H-pyrrole nitrogens is 1. The minimum Gasteiger partial charge on any atom is -0.477 e. The number of aliphatic hydroxyl groups excluding tert-OH is 1. The van der Waals surface area contributed by atoms with Gasteiger partial charge in [-0.15, -0.1) is 0 Å². The zero-order valence-corrected chi connectivity index (χ0v) is 9.72. The molecule has 1 aliphatic carbocycles. The van der Waals surface area contributed by atoms with E-state index in [1.807, 2.05) is 0 Å². The second-order valence-electron chi connectivity index (χ2n) is 4.47. The van der Waals surface area contributed by atoms with Crippen molar-refractivity contribution in [1.82, 2.24) is 15.3 Å².